The molecule has 0 aliphatic carbocycles. The van der Waals surface area contributed by atoms with Crippen LogP contribution >= 0.6 is 0 Å². The first-order valence-electron chi connectivity index (χ1n) is 11.4. The van der Waals surface area contributed by atoms with E-state index in [9.17, 15) is 17.6 Å². The van der Waals surface area contributed by atoms with E-state index in [4.69, 9.17) is 4.74 Å². The van der Waals surface area contributed by atoms with Crippen molar-refractivity contribution in [2.75, 3.05) is 6.61 Å². The fourth-order valence-electron chi connectivity index (χ4n) is 3.59. The molecule has 5 heteroatoms. The minimum absolute atomic E-state index is 0.0942. The highest BCUT2D eigenvalue weighted by Gasteiger charge is 2.18. The van der Waals surface area contributed by atoms with Gasteiger partial charge in [-0.2, -0.15) is 0 Å². The molecule has 0 aromatic heterocycles. The van der Waals surface area contributed by atoms with Crippen LogP contribution in [0.2, 0.25) is 0 Å². The van der Waals surface area contributed by atoms with E-state index in [1.54, 1.807) is 0 Å². The zero-order valence-corrected chi connectivity index (χ0v) is 18.2. The van der Waals surface area contributed by atoms with Gasteiger partial charge in [-0.05, 0) is 43.7 Å². The van der Waals surface area contributed by atoms with Crippen LogP contribution in [-0.2, 0) is 11.2 Å². The van der Waals surface area contributed by atoms with Crippen LogP contribution in [0.15, 0.2) is 6.07 Å². The highest BCUT2D eigenvalue weighted by atomic mass is 19.2. The van der Waals surface area contributed by atoms with E-state index < -0.39 is 23.3 Å². The summed E-state index contributed by atoms with van der Waals surface area (Å²) in [6, 6.07) is 0.765. The number of hydrogen-bond acceptors (Lipinski definition) is 1. The summed E-state index contributed by atoms with van der Waals surface area (Å²) in [6.07, 6.45) is 14.8. The minimum atomic E-state index is -1.74. The van der Waals surface area contributed by atoms with Gasteiger partial charge in [-0.1, -0.05) is 71.6 Å². The Balaban J connectivity index is 2.27. The van der Waals surface area contributed by atoms with Crippen LogP contribution in [0.3, 0.4) is 0 Å². The summed E-state index contributed by atoms with van der Waals surface area (Å²) in [5.74, 6) is -6.07. The Morgan fingerprint density at radius 1 is 0.690 bits per heavy atom. The molecular weight excluding hydrogens is 380 g/mol. The van der Waals surface area contributed by atoms with Crippen LogP contribution in [0, 0.1) is 23.3 Å². The molecule has 1 nitrogen and oxygen atoms in total. The predicted molar refractivity (Wildman–Crippen MR) is 111 cm³/mol. The van der Waals surface area contributed by atoms with Gasteiger partial charge < -0.3 is 4.74 Å². The van der Waals surface area contributed by atoms with E-state index in [1.165, 1.54) is 44.9 Å². The lowest BCUT2D eigenvalue weighted by atomic mass is 10.0. The largest absolute Gasteiger partial charge is 0.378 e. The summed E-state index contributed by atoms with van der Waals surface area (Å²) in [7, 11) is 0. The second-order valence-corrected chi connectivity index (χ2v) is 7.96. The molecule has 168 valence electrons. The number of benzene rings is 1. The van der Waals surface area contributed by atoms with Gasteiger partial charge in [0.05, 0.1) is 6.10 Å². The summed E-state index contributed by atoms with van der Waals surface area (Å²) >= 11 is 0. The van der Waals surface area contributed by atoms with E-state index in [0.717, 1.165) is 44.8 Å². The average molecular weight is 419 g/mol. The fourth-order valence-corrected chi connectivity index (χ4v) is 3.59. The van der Waals surface area contributed by atoms with Crippen molar-refractivity contribution in [3.63, 3.8) is 0 Å². The normalized spacial score (nSPS) is 12.5. The molecule has 1 aromatic carbocycles. The van der Waals surface area contributed by atoms with Gasteiger partial charge >= 0.3 is 0 Å². The molecule has 0 saturated carbocycles. The van der Waals surface area contributed by atoms with Crippen molar-refractivity contribution in [3.05, 3.63) is 34.9 Å². The van der Waals surface area contributed by atoms with Crippen molar-refractivity contribution in [1.82, 2.24) is 0 Å². The van der Waals surface area contributed by atoms with Crippen LogP contribution in [0.4, 0.5) is 17.6 Å². The van der Waals surface area contributed by atoms with Gasteiger partial charge in [-0.3, -0.25) is 0 Å². The van der Waals surface area contributed by atoms with Crippen molar-refractivity contribution in [1.29, 1.82) is 0 Å². The first kappa shape index (κ1) is 25.9. The third-order valence-electron chi connectivity index (χ3n) is 5.34. The van der Waals surface area contributed by atoms with Crippen LogP contribution in [0.1, 0.15) is 103 Å². The quantitative estimate of drug-likeness (QED) is 0.107. The van der Waals surface area contributed by atoms with Gasteiger partial charge in [0.15, 0.2) is 23.3 Å². The summed E-state index contributed by atoms with van der Waals surface area (Å²) < 4.78 is 59.2. The fraction of sp³-hybridized carbons (Fsp3) is 0.750. The minimum Gasteiger partial charge on any atom is -0.378 e. The second kappa shape index (κ2) is 15.7. The maximum Gasteiger partial charge on any atom is 0.197 e. The molecule has 1 aromatic rings. The van der Waals surface area contributed by atoms with E-state index >= 15 is 0 Å². The lowest BCUT2D eigenvalue weighted by Crippen LogP contribution is -2.13. The Morgan fingerprint density at radius 3 is 1.90 bits per heavy atom. The van der Waals surface area contributed by atoms with E-state index in [1.807, 2.05) is 0 Å². The van der Waals surface area contributed by atoms with Gasteiger partial charge in [-0.25, -0.2) is 17.6 Å². The molecule has 0 saturated heterocycles. The monoisotopic (exact) mass is 418 g/mol. The van der Waals surface area contributed by atoms with Crippen LogP contribution in [0.25, 0.3) is 0 Å². The molecule has 0 aliphatic heterocycles. The van der Waals surface area contributed by atoms with Gasteiger partial charge in [-0.15, -0.1) is 0 Å². The summed E-state index contributed by atoms with van der Waals surface area (Å²) in [5.41, 5.74) is -0.0942. The Bertz CT molecular complexity index is 562. The average Bonchev–Trinajstić information content (AvgIpc) is 2.72. The number of halogens is 4. The number of unbranched alkanes of at least 4 members (excludes halogenated alkanes) is 8. The molecular formula is C24H38F4O. The molecule has 0 radical (unpaired) electrons. The summed E-state index contributed by atoms with van der Waals surface area (Å²) in [6.45, 7) is 5.09. The number of hydrogen-bond donors (Lipinski definition) is 0. The molecule has 29 heavy (non-hydrogen) atoms. The Kier molecular flexibility index (Phi) is 14.0. The number of ether oxygens (including phenoxy) is 1. The van der Waals surface area contributed by atoms with Crippen molar-refractivity contribution in [2.24, 2.45) is 0 Å². The first-order chi connectivity index (χ1) is 14.0. The van der Waals surface area contributed by atoms with E-state index in [2.05, 4.69) is 13.8 Å². The highest BCUT2D eigenvalue weighted by Crippen LogP contribution is 2.21. The summed E-state index contributed by atoms with van der Waals surface area (Å²) in [5, 5.41) is 0. The number of aryl methyl sites for hydroxylation is 1. The number of rotatable bonds is 17. The SMILES string of the molecule is CCCCCCCCCC(CCCCCc1cc(F)c(F)c(F)c1F)OCCC. The van der Waals surface area contributed by atoms with Gasteiger partial charge in [0.2, 0.25) is 0 Å². The maximum atomic E-state index is 13.7. The molecule has 0 amide bonds. The molecule has 0 bridgehead atoms. The van der Waals surface area contributed by atoms with Crippen molar-refractivity contribution < 1.29 is 22.3 Å². The Labute approximate surface area is 174 Å². The van der Waals surface area contributed by atoms with Crippen molar-refractivity contribution >= 4 is 0 Å². The van der Waals surface area contributed by atoms with Gasteiger partial charge in [0.25, 0.3) is 0 Å². The topological polar surface area (TPSA) is 9.23 Å². The zero-order chi connectivity index (χ0) is 21.5. The molecule has 1 atom stereocenters. The lowest BCUT2D eigenvalue weighted by molar-refractivity contribution is 0.0385. The third-order valence-corrected chi connectivity index (χ3v) is 5.34. The third kappa shape index (κ3) is 10.5. The van der Waals surface area contributed by atoms with Gasteiger partial charge in [0.1, 0.15) is 0 Å². The Hall–Kier alpha value is -1.10. The lowest BCUT2D eigenvalue weighted by Gasteiger charge is -2.17. The highest BCUT2D eigenvalue weighted by molar-refractivity contribution is 5.21. The van der Waals surface area contributed by atoms with Crippen molar-refractivity contribution in [3.8, 4) is 0 Å². The zero-order valence-electron chi connectivity index (χ0n) is 18.2. The van der Waals surface area contributed by atoms with Gasteiger partial charge in [0, 0.05) is 6.61 Å². The molecule has 0 aliphatic rings. The Morgan fingerprint density at radius 2 is 1.28 bits per heavy atom. The van der Waals surface area contributed by atoms with Crippen LogP contribution in [-0.4, -0.2) is 12.7 Å². The van der Waals surface area contributed by atoms with Crippen LogP contribution < -0.4 is 0 Å². The molecule has 0 heterocycles. The molecule has 1 rings (SSSR count). The van der Waals surface area contributed by atoms with Crippen LogP contribution in [0.5, 0.6) is 0 Å². The maximum absolute atomic E-state index is 13.7. The molecule has 0 spiro atoms. The van der Waals surface area contributed by atoms with E-state index in [0.29, 0.717) is 6.42 Å². The van der Waals surface area contributed by atoms with E-state index in [-0.39, 0.29) is 18.1 Å². The second-order valence-electron chi connectivity index (χ2n) is 7.96. The van der Waals surface area contributed by atoms with Crippen molar-refractivity contribution in [2.45, 2.75) is 110 Å². The smallest absolute Gasteiger partial charge is 0.197 e. The summed E-state index contributed by atoms with van der Waals surface area (Å²) in [4.78, 5) is 0. The molecule has 1 unspecified atom stereocenters. The predicted octanol–water partition coefficient (Wildman–Crippen LogP) is 8.28. The molecule has 0 N–H and O–H groups in total. The molecule has 0 fully saturated rings. The first-order valence-corrected chi connectivity index (χ1v) is 11.4. The standard InChI is InChI=1S/C24H38F4O/c1-3-5-6-7-8-9-12-15-20(29-17-4-2)16-13-10-11-14-19-18-21(25)23(27)24(28)22(19)26/h18,20H,3-17H2,1-2H3.